The first-order valence-corrected chi connectivity index (χ1v) is 6.44. The quantitative estimate of drug-likeness (QED) is 0.771. The maximum atomic E-state index is 4.49. The highest BCUT2D eigenvalue weighted by Gasteiger charge is 2.06. The molecule has 0 aliphatic carbocycles. The Morgan fingerprint density at radius 1 is 0.800 bits per heavy atom. The van der Waals surface area contributed by atoms with Crippen LogP contribution in [0.2, 0.25) is 0 Å². The van der Waals surface area contributed by atoms with Gasteiger partial charge < -0.3 is 0 Å². The van der Waals surface area contributed by atoms with Crippen LogP contribution >= 0.6 is 0 Å². The standard InChI is InChI=1S/C15H15N5/c1-9-8-10(2)17-14(16-9)20-15-18-11(3)12-6-4-5-7-13(12)19-15/h4-8H,1-3H3,(H,16,17,18,19,20). The summed E-state index contributed by atoms with van der Waals surface area (Å²) in [6.45, 7) is 5.84. The molecule has 0 aliphatic heterocycles. The monoisotopic (exact) mass is 265 g/mol. The van der Waals surface area contributed by atoms with Crippen LogP contribution in [-0.2, 0) is 0 Å². The lowest BCUT2D eigenvalue weighted by Gasteiger charge is -2.07. The maximum Gasteiger partial charge on any atom is 0.230 e. The number of fused-ring (bicyclic) bond motifs is 1. The Labute approximate surface area is 117 Å². The molecule has 0 atom stereocenters. The number of rotatable bonds is 2. The van der Waals surface area contributed by atoms with Crippen LogP contribution in [-0.4, -0.2) is 19.9 Å². The highest BCUT2D eigenvalue weighted by atomic mass is 15.2. The molecule has 1 N–H and O–H groups in total. The fourth-order valence-corrected chi connectivity index (χ4v) is 2.17. The second kappa shape index (κ2) is 4.85. The van der Waals surface area contributed by atoms with E-state index in [1.165, 1.54) is 0 Å². The van der Waals surface area contributed by atoms with E-state index < -0.39 is 0 Å². The summed E-state index contributed by atoms with van der Waals surface area (Å²) in [6, 6.07) is 9.86. The van der Waals surface area contributed by atoms with E-state index in [-0.39, 0.29) is 0 Å². The van der Waals surface area contributed by atoms with Crippen LogP contribution in [0.4, 0.5) is 11.9 Å². The van der Waals surface area contributed by atoms with Crippen molar-refractivity contribution in [3.63, 3.8) is 0 Å². The molecule has 0 aliphatic rings. The Hall–Kier alpha value is -2.56. The van der Waals surface area contributed by atoms with E-state index in [1.807, 2.05) is 51.1 Å². The molecule has 3 rings (SSSR count). The average molecular weight is 265 g/mol. The Kier molecular flexibility index (Phi) is 3.02. The van der Waals surface area contributed by atoms with Gasteiger partial charge >= 0.3 is 0 Å². The summed E-state index contributed by atoms with van der Waals surface area (Å²) in [5, 5.41) is 4.13. The second-order valence-electron chi connectivity index (χ2n) is 4.75. The summed E-state index contributed by atoms with van der Waals surface area (Å²) in [6.07, 6.45) is 0. The normalized spacial score (nSPS) is 10.8. The molecular formula is C15H15N5. The molecule has 0 amide bonds. The molecule has 2 heterocycles. The first-order chi connectivity index (χ1) is 9.61. The number of hydrogen-bond donors (Lipinski definition) is 1. The van der Waals surface area contributed by atoms with Crippen molar-refractivity contribution in [2.24, 2.45) is 0 Å². The third kappa shape index (κ3) is 2.42. The number of nitrogens with zero attached hydrogens (tertiary/aromatic N) is 4. The summed E-state index contributed by atoms with van der Waals surface area (Å²) in [5.74, 6) is 1.04. The molecule has 0 bridgehead atoms. The van der Waals surface area contributed by atoms with Crippen LogP contribution < -0.4 is 5.32 Å². The molecule has 100 valence electrons. The third-order valence-corrected chi connectivity index (χ3v) is 3.00. The first kappa shape index (κ1) is 12.5. The van der Waals surface area contributed by atoms with Gasteiger partial charge in [0.1, 0.15) is 0 Å². The van der Waals surface area contributed by atoms with E-state index in [2.05, 4.69) is 25.3 Å². The Balaban J connectivity index is 2.02. The zero-order valence-electron chi connectivity index (χ0n) is 11.7. The van der Waals surface area contributed by atoms with Crippen molar-refractivity contribution in [3.05, 3.63) is 47.4 Å². The molecule has 20 heavy (non-hydrogen) atoms. The van der Waals surface area contributed by atoms with Crippen LogP contribution in [0.5, 0.6) is 0 Å². The van der Waals surface area contributed by atoms with Gasteiger partial charge in [-0.15, -0.1) is 0 Å². The number of para-hydroxylation sites is 1. The lowest BCUT2D eigenvalue weighted by atomic mass is 10.2. The van der Waals surface area contributed by atoms with E-state index in [1.54, 1.807) is 0 Å². The number of nitrogens with one attached hydrogen (secondary N) is 1. The fraction of sp³-hybridized carbons (Fsp3) is 0.200. The minimum absolute atomic E-state index is 0.520. The molecule has 5 heteroatoms. The Morgan fingerprint density at radius 3 is 2.20 bits per heavy atom. The number of benzene rings is 1. The summed E-state index contributed by atoms with van der Waals surface area (Å²) >= 11 is 0. The molecule has 0 saturated heterocycles. The van der Waals surface area contributed by atoms with E-state index in [0.717, 1.165) is 28.0 Å². The highest BCUT2D eigenvalue weighted by molar-refractivity contribution is 5.81. The minimum Gasteiger partial charge on any atom is -0.293 e. The van der Waals surface area contributed by atoms with Crippen LogP contribution in [0.25, 0.3) is 10.9 Å². The smallest absolute Gasteiger partial charge is 0.230 e. The Morgan fingerprint density at radius 2 is 1.45 bits per heavy atom. The van der Waals surface area contributed by atoms with Crippen LogP contribution in [0.3, 0.4) is 0 Å². The molecule has 3 aromatic rings. The van der Waals surface area contributed by atoms with Crippen LogP contribution in [0.1, 0.15) is 17.1 Å². The van der Waals surface area contributed by atoms with Crippen LogP contribution in [0, 0.1) is 20.8 Å². The molecule has 2 aromatic heterocycles. The molecule has 0 saturated carbocycles. The maximum absolute atomic E-state index is 4.49. The minimum atomic E-state index is 0.520. The summed E-state index contributed by atoms with van der Waals surface area (Å²) in [4.78, 5) is 17.6. The van der Waals surface area contributed by atoms with Crippen molar-refractivity contribution in [1.29, 1.82) is 0 Å². The van der Waals surface area contributed by atoms with Gasteiger partial charge in [-0.2, -0.15) is 0 Å². The van der Waals surface area contributed by atoms with Crippen molar-refractivity contribution >= 4 is 22.8 Å². The average Bonchev–Trinajstić information content (AvgIpc) is 2.37. The fourth-order valence-electron chi connectivity index (χ4n) is 2.17. The lowest BCUT2D eigenvalue weighted by Crippen LogP contribution is -2.04. The van der Waals surface area contributed by atoms with Gasteiger partial charge in [0, 0.05) is 16.8 Å². The summed E-state index contributed by atoms with van der Waals surface area (Å²) in [7, 11) is 0. The van der Waals surface area contributed by atoms with Crippen molar-refractivity contribution < 1.29 is 0 Å². The predicted octanol–water partition coefficient (Wildman–Crippen LogP) is 3.09. The molecule has 1 aromatic carbocycles. The van der Waals surface area contributed by atoms with Gasteiger partial charge in [-0.3, -0.25) is 5.32 Å². The lowest BCUT2D eigenvalue weighted by molar-refractivity contribution is 1.04. The molecule has 0 fully saturated rings. The zero-order chi connectivity index (χ0) is 14.1. The predicted molar refractivity (Wildman–Crippen MR) is 79.1 cm³/mol. The van der Waals surface area contributed by atoms with Crippen molar-refractivity contribution in [2.45, 2.75) is 20.8 Å². The number of aryl methyl sites for hydroxylation is 3. The second-order valence-corrected chi connectivity index (χ2v) is 4.75. The van der Waals surface area contributed by atoms with E-state index in [9.17, 15) is 0 Å². The van der Waals surface area contributed by atoms with Gasteiger partial charge in [0.25, 0.3) is 0 Å². The third-order valence-electron chi connectivity index (χ3n) is 3.00. The highest BCUT2D eigenvalue weighted by Crippen LogP contribution is 2.18. The van der Waals surface area contributed by atoms with Crippen LogP contribution in [0.15, 0.2) is 30.3 Å². The van der Waals surface area contributed by atoms with E-state index >= 15 is 0 Å². The largest absolute Gasteiger partial charge is 0.293 e. The van der Waals surface area contributed by atoms with Gasteiger partial charge in [-0.25, -0.2) is 19.9 Å². The molecule has 5 nitrogen and oxygen atoms in total. The number of aromatic nitrogens is 4. The van der Waals surface area contributed by atoms with E-state index in [0.29, 0.717) is 11.9 Å². The van der Waals surface area contributed by atoms with Gasteiger partial charge in [0.2, 0.25) is 11.9 Å². The number of hydrogen-bond acceptors (Lipinski definition) is 5. The van der Waals surface area contributed by atoms with Gasteiger partial charge in [-0.1, -0.05) is 18.2 Å². The number of anilines is 2. The van der Waals surface area contributed by atoms with Gasteiger partial charge in [-0.05, 0) is 32.9 Å². The topological polar surface area (TPSA) is 63.6 Å². The van der Waals surface area contributed by atoms with Crippen molar-refractivity contribution in [3.8, 4) is 0 Å². The van der Waals surface area contributed by atoms with Crippen molar-refractivity contribution in [1.82, 2.24) is 19.9 Å². The van der Waals surface area contributed by atoms with Gasteiger partial charge in [0.05, 0.1) is 11.2 Å². The molecule has 0 unspecified atom stereocenters. The molecular weight excluding hydrogens is 250 g/mol. The zero-order valence-corrected chi connectivity index (χ0v) is 11.7. The molecule has 0 radical (unpaired) electrons. The summed E-state index contributed by atoms with van der Waals surface area (Å²) < 4.78 is 0. The summed E-state index contributed by atoms with van der Waals surface area (Å²) in [5.41, 5.74) is 3.67. The van der Waals surface area contributed by atoms with Crippen molar-refractivity contribution in [2.75, 3.05) is 5.32 Å². The SMILES string of the molecule is Cc1cc(C)nc(Nc2nc(C)c3ccccc3n2)n1. The van der Waals surface area contributed by atoms with E-state index in [4.69, 9.17) is 0 Å². The van der Waals surface area contributed by atoms with Gasteiger partial charge in [0.15, 0.2) is 0 Å². The first-order valence-electron chi connectivity index (χ1n) is 6.44. The Bertz CT molecular complexity index is 762. The molecule has 0 spiro atoms.